The number of urea groups is 1. The molecule has 2 atom stereocenters. The van der Waals surface area contributed by atoms with Crippen molar-refractivity contribution in [3.05, 3.63) is 135 Å². The fraction of sp³-hybridized carbons (Fsp3) is 0.132. The van der Waals surface area contributed by atoms with Crippen molar-refractivity contribution in [2.24, 2.45) is 5.41 Å². The number of benzene rings is 4. The highest BCUT2D eigenvalue weighted by atomic mass is 35.5. The van der Waals surface area contributed by atoms with E-state index < -0.39 is 35.1 Å². The lowest BCUT2D eigenvalue weighted by atomic mass is 9.52. The van der Waals surface area contributed by atoms with Crippen molar-refractivity contribution in [2.45, 2.75) is 11.8 Å². The summed E-state index contributed by atoms with van der Waals surface area (Å²) in [5, 5.41) is 5.89. The number of amides is 4. The zero-order chi connectivity index (χ0) is 35.2. The SMILES string of the molecule is COc1ccc(C2/C(=C/c3ccc(Cl)cc3)c3nc(N)nc(-c4ccc(Cl)cc4)c3C(c3ccc(OC)cc3)C23C(=O)NC(=O)NC3=O)cc1. The molecule has 1 saturated heterocycles. The molecule has 2 unspecified atom stereocenters. The van der Waals surface area contributed by atoms with Crippen LogP contribution in [-0.2, 0) is 9.59 Å². The summed E-state index contributed by atoms with van der Waals surface area (Å²) in [5.74, 6) is -2.56. The number of carbonyl (C=O) groups excluding carboxylic acids is 3. The van der Waals surface area contributed by atoms with Crippen LogP contribution in [0.25, 0.3) is 22.9 Å². The molecule has 0 saturated carbocycles. The molecule has 4 N–H and O–H groups in total. The molecule has 5 aromatic rings. The standard InChI is InChI=1S/C38H29Cl2N5O5/c1-49-26-15-7-21(8-16-26)30-28(19-20-3-11-24(39)12-4-20)33-29(32(42-36(41)43-33)23-5-13-25(40)14-6-23)31(22-9-17-27(50-2)18-10-22)38(30)34(46)44-37(48)45-35(38)47/h3-19,30-31H,1-2H3,(H2,41,42,43)(H2,44,45,46,47,48)/b28-19-. The first-order valence-corrected chi connectivity index (χ1v) is 16.2. The number of halogens is 2. The monoisotopic (exact) mass is 705 g/mol. The van der Waals surface area contributed by atoms with Crippen molar-refractivity contribution in [1.29, 1.82) is 0 Å². The fourth-order valence-electron chi connectivity index (χ4n) is 7.01. The van der Waals surface area contributed by atoms with E-state index in [9.17, 15) is 14.4 Å². The number of allylic oxidation sites excluding steroid dienone is 1. The number of aromatic nitrogens is 2. The summed E-state index contributed by atoms with van der Waals surface area (Å²) in [6, 6.07) is 27.3. The van der Waals surface area contributed by atoms with Gasteiger partial charge in [0.25, 0.3) is 0 Å². The molecule has 250 valence electrons. The highest BCUT2D eigenvalue weighted by molar-refractivity contribution is 6.31. The molecule has 50 heavy (non-hydrogen) atoms. The van der Waals surface area contributed by atoms with Crippen LogP contribution in [0.5, 0.6) is 11.5 Å². The number of anilines is 1. The quantitative estimate of drug-likeness (QED) is 0.162. The van der Waals surface area contributed by atoms with Crippen LogP contribution in [-0.4, -0.2) is 42.0 Å². The van der Waals surface area contributed by atoms with Crippen molar-refractivity contribution in [1.82, 2.24) is 20.6 Å². The van der Waals surface area contributed by atoms with Crippen LogP contribution >= 0.6 is 23.2 Å². The number of nitrogens with zero attached hydrogens (tertiary/aromatic N) is 2. The topological polar surface area (TPSA) is 146 Å². The third kappa shape index (κ3) is 5.52. The summed E-state index contributed by atoms with van der Waals surface area (Å²) in [6.07, 6.45) is 1.85. The van der Waals surface area contributed by atoms with E-state index in [0.29, 0.717) is 66.3 Å². The molecule has 1 spiro atoms. The molecule has 7 rings (SSSR count). The zero-order valence-corrected chi connectivity index (χ0v) is 28.3. The number of hydrogen-bond donors (Lipinski definition) is 3. The Balaban J connectivity index is 1.67. The molecule has 1 fully saturated rings. The van der Waals surface area contributed by atoms with E-state index in [2.05, 4.69) is 10.6 Å². The molecule has 4 aromatic carbocycles. The maximum Gasteiger partial charge on any atom is 0.328 e. The molecular formula is C38H29Cl2N5O5. The van der Waals surface area contributed by atoms with Gasteiger partial charge in [-0.1, -0.05) is 71.7 Å². The molecule has 0 radical (unpaired) electrons. The highest BCUT2D eigenvalue weighted by Crippen LogP contribution is 2.62. The number of nitrogens with two attached hydrogens (primary N) is 1. The van der Waals surface area contributed by atoms with Gasteiger partial charge in [-0.05, 0) is 76.9 Å². The third-order valence-corrected chi connectivity index (χ3v) is 9.66. The van der Waals surface area contributed by atoms with Gasteiger partial charge in [0.1, 0.15) is 11.5 Å². The Hall–Kier alpha value is -5.71. The lowest BCUT2D eigenvalue weighted by molar-refractivity contribution is -0.146. The Kier molecular flexibility index (Phi) is 8.51. The number of carbonyl (C=O) groups is 3. The Morgan fingerprint density at radius 3 is 1.68 bits per heavy atom. The smallest absolute Gasteiger partial charge is 0.328 e. The van der Waals surface area contributed by atoms with Gasteiger partial charge in [0.15, 0.2) is 5.41 Å². The molecule has 4 amide bonds. The van der Waals surface area contributed by atoms with Gasteiger partial charge in [-0.25, -0.2) is 14.8 Å². The maximum absolute atomic E-state index is 14.8. The largest absolute Gasteiger partial charge is 0.497 e. The Morgan fingerprint density at radius 1 is 0.680 bits per heavy atom. The Labute approximate surface area is 297 Å². The van der Waals surface area contributed by atoms with E-state index in [1.54, 1.807) is 99.1 Å². The van der Waals surface area contributed by atoms with E-state index >= 15 is 0 Å². The van der Waals surface area contributed by atoms with Gasteiger partial charge in [0.2, 0.25) is 17.8 Å². The fourth-order valence-corrected chi connectivity index (χ4v) is 7.26. The lowest BCUT2D eigenvalue weighted by Crippen LogP contribution is -2.67. The maximum atomic E-state index is 14.8. The van der Waals surface area contributed by atoms with Gasteiger partial charge < -0.3 is 15.2 Å². The van der Waals surface area contributed by atoms with Gasteiger partial charge >= 0.3 is 6.03 Å². The van der Waals surface area contributed by atoms with Gasteiger partial charge in [-0.3, -0.25) is 20.2 Å². The second-order valence-electron chi connectivity index (χ2n) is 11.9. The first-order chi connectivity index (χ1) is 24.1. The van der Waals surface area contributed by atoms with Gasteiger partial charge in [-0.15, -0.1) is 0 Å². The summed E-state index contributed by atoms with van der Waals surface area (Å²) >= 11 is 12.6. The van der Waals surface area contributed by atoms with Crippen LogP contribution in [0.15, 0.2) is 97.1 Å². The van der Waals surface area contributed by atoms with E-state index in [0.717, 1.165) is 0 Å². The van der Waals surface area contributed by atoms with Crippen LogP contribution in [0.3, 0.4) is 0 Å². The van der Waals surface area contributed by atoms with Gasteiger partial charge in [0, 0.05) is 33.0 Å². The number of rotatable bonds is 6. The minimum Gasteiger partial charge on any atom is -0.497 e. The van der Waals surface area contributed by atoms with Gasteiger partial charge in [-0.2, -0.15) is 0 Å². The number of ether oxygens (including phenoxy) is 2. The predicted octanol–water partition coefficient (Wildman–Crippen LogP) is 6.87. The summed E-state index contributed by atoms with van der Waals surface area (Å²) in [4.78, 5) is 52.1. The zero-order valence-electron chi connectivity index (χ0n) is 26.7. The van der Waals surface area contributed by atoms with Crippen LogP contribution in [0, 0.1) is 5.41 Å². The number of nitrogens with one attached hydrogen (secondary N) is 2. The van der Waals surface area contributed by atoms with Crippen molar-refractivity contribution in [3.63, 3.8) is 0 Å². The van der Waals surface area contributed by atoms with Crippen molar-refractivity contribution in [2.75, 3.05) is 20.0 Å². The molecule has 1 aliphatic heterocycles. The summed E-state index contributed by atoms with van der Waals surface area (Å²) in [6.45, 7) is 0. The minimum atomic E-state index is -2.01. The van der Waals surface area contributed by atoms with E-state index in [-0.39, 0.29) is 5.95 Å². The Bertz CT molecular complexity index is 2150. The molecule has 2 heterocycles. The molecule has 2 aliphatic rings. The molecule has 0 bridgehead atoms. The van der Waals surface area contributed by atoms with Crippen molar-refractivity contribution < 1.29 is 23.9 Å². The van der Waals surface area contributed by atoms with E-state index in [1.807, 2.05) is 18.2 Å². The average Bonchev–Trinajstić information content (AvgIpc) is 3.12. The van der Waals surface area contributed by atoms with Crippen LogP contribution in [0.4, 0.5) is 10.7 Å². The predicted molar refractivity (Wildman–Crippen MR) is 191 cm³/mol. The van der Waals surface area contributed by atoms with Crippen LogP contribution in [0.2, 0.25) is 10.0 Å². The first kappa shape index (κ1) is 32.8. The number of imide groups is 2. The van der Waals surface area contributed by atoms with E-state index in [1.165, 1.54) is 0 Å². The normalized spacial score (nSPS) is 18.7. The molecule has 10 nitrogen and oxygen atoms in total. The van der Waals surface area contributed by atoms with Crippen molar-refractivity contribution >= 4 is 58.6 Å². The number of barbiturate groups is 1. The van der Waals surface area contributed by atoms with Gasteiger partial charge in [0.05, 0.1) is 25.6 Å². The summed E-state index contributed by atoms with van der Waals surface area (Å²) in [7, 11) is 3.09. The van der Waals surface area contributed by atoms with Crippen molar-refractivity contribution in [3.8, 4) is 22.8 Å². The summed E-state index contributed by atoms with van der Waals surface area (Å²) in [5.41, 5.74) is 8.70. The average molecular weight is 707 g/mol. The number of hydrogen-bond acceptors (Lipinski definition) is 8. The molecule has 1 aromatic heterocycles. The number of methoxy groups -OCH3 is 2. The lowest BCUT2D eigenvalue weighted by Gasteiger charge is -2.50. The first-order valence-electron chi connectivity index (χ1n) is 15.5. The molecular weight excluding hydrogens is 677 g/mol. The minimum absolute atomic E-state index is 0.0265. The second kappa shape index (κ2) is 13.0. The third-order valence-electron chi connectivity index (χ3n) is 9.16. The second-order valence-corrected chi connectivity index (χ2v) is 12.7. The van der Waals surface area contributed by atoms with E-state index in [4.69, 9.17) is 48.4 Å². The summed E-state index contributed by atoms with van der Waals surface area (Å²) < 4.78 is 10.9. The number of nitrogen functional groups attached to an aromatic ring is 1. The van der Waals surface area contributed by atoms with Crippen LogP contribution in [0.1, 0.15) is 39.8 Å². The number of fused-ring (bicyclic) bond motifs is 1. The molecule has 12 heteroatoms. The van der Waals surface area contributed by atoms with Crippen LogP contribution < -0.4 is 25.8 Å². The molecule has 1 aliphatic carbocycles. The highest BCUT2D eigenvalue weighted by Gasteiger charge is 2.65. The Morgan fingerprint density at radius 2 is 1.16 bits per heavy atom.